The fourth-order valence-electron chi connectivity index (χ4n) is 3.75. The molecule has 3 amide bonds. The van der Waals surface area contributed by atoms with Crippen LogP contribution in [-0.2, 0) is 9.59 Å². The van der Waals surface area contributed by atoms with Crippen LogP contribution < -0.4 is 16.0 Å². The summed E-state index contributed by atoms with van der Waals surface area (Å²) in [5.74, 6) is -1.05. The molecule has 0 saturated carbocycles. The molecule has 4 rings (SSSR count). The zero-order valence-electron chi connectivity index (χ0n) is 22.3. The summed E-state index contributed by atoms with van der Waals surface area (Å²) in [5, 5.41) is 8.70. The van der Waals surface area contributed by atoms with Gasteiger partial charge in [0.1, 0.15) is 5.70 Å². The molecule has 6 nitrogen and oxygen atoms in total. The Kier molecular flexibility index (Phi) is 10.4. The van der Waals surface area contributed by atoms with Gasteiger partial charge in [0.2, 0.25) is 5.91 Å². The highest BCUT2D eigenvalue weighted by Gasteiger charge is 2.18. The van der Waals surface area contributed by atoms with Gasteiger partial charge >= 0.3 is 0 Å². The van der Waals surface area contributed by atoms with Gasteiger partial charge in [0.25, 0.3) is 11.8 Å². The van der Waals surface area contributed by atoms with Crippen molar-refractivity contribution in [2.45, 2.75) is 24.0 Å². The van der Waals surface area contributed by atoms with Crippen LogP contribution in [-0.4, -0.2) is 23.0 Å². The normalized spacial score (nSPS) is 11.9. The molecule has 0 aromatic heterocycles. The van der Waals surface area contributed by atoms with E-state index in [4.69, 9.17) is 11.6 Å². The van der Waals surface area contributed by atoms with Crippen LogP contribution in [0.4, 0.5) is 11.4 Å². The average Bonchev–Trinajstić information content (AvgIpc) is 2.96. The van der Waals surface area contributed by atoms with Crippen molar-refractivity contribution >= 4 is 74.5 Å². The molecule has 0 heterocycles. The number of rotatable bonds is 9. The van der Waals surface area contributed by atoms with E-state index in [2.05, 4.69) is 31.9 Å². The van der Waals surface area contributed by atoms with Gasteiger partial charge in [-0.2, -0.15) is 0 Å². The molecule has 0 aliphatic heterocycles. The number of nitrogens with one attached hydrogen (secondary N) is 3. The highest BCUT2D eigenvalue weighted by atomic mass is 79.9. The summed E-state index contributed by atoms with van der Waals surface area (Å²) < 4.78 is 0.897. The number of hydrogen-bond donors (Lipinski definition) is 3. The summed E-state index contributed by atoms with van der Waals surface area (Å²) in [6.07, 6.45) is 1.62. The smallest absolute Gasteiger partial charge is 0.272 e. The average molecular weight is 649 g/mol. The molecule has 41 heavy (non-hydrogen) atoms. The number of thioether (sulfide) groups is 1. The first kappa shape index (κ1) is 30.1. The molecule has 4 aromatic carbocycles. The molecule has 9 heteroatoms. The van der Waals surface area contributed by atoms with Gasteiger partial charge < -0.3 is 16.0 Å². The summed E-state index contributed by atoms with van der Waals surface area (Å²) in [6.45, 7) is 3.66. The molecule has 1 unspecified atom stereocenters. The van der Waals surface area contributed by atoms with Gasteiger partial charge in [-0.1, -0.05) is 70.0 Å². The van der Waals surface area contributed by atoms with Crippen molar-refractivity contribution in [2.24, 2.45) is 0 Å². The van der Waals surface area contributed by atoms with Crippen molar-refractivity contribution in [3.63, 3.8) is 0 Å². The highest BCUT2D eigenvalue weighted by molar-refractivity contribution is 9.10. The van der Waals surface area contributed by atoms with E-state index in [1.165, 1.54) is 11.8 Å². The zero-order valence-corrected chi connectivity index (χ0v) is 25.4. The van der Waals surface area contributed by atoms with Crippen molar-refractivity contribution < 1.29 is 14.4 Å². The van der Waals surface area contributed by atoms with E-state index < -0.39 is 17.1 Å². The van der Waals surface area contributed by atoms with E-state index in [-0.39, 0.29) is 11.6 Å². The second-order valence-corrected chi connectivity index (χ2v) is 11.8. The first-order chi connectivity index (χ1) is 19.7. The van der Waals surface area contributed by atoms with Crippen LogP contribution in [0.1, 0.15) is 28.4 Å². The Balaban J connectivity index is 1.48. The second-order valence-electron chi connectivity index (χ2n) is 9.07. The quantitative estimate of drug-likeness (QED) is 0.127. The summed E-state index contributed by atoms with van der Waals surface area (Å²) in [4.78, 5) is 39.9. The highest BCUT2D eigenvalue weighted by Crippen LogP contribution is 2.28. The molecule has 0 fully saturated rings. The standard InChI is InChI=1S/C32H27BrClN3O3S/c1-20-27(34)12-7-13-28(20)36-30(38)21(2)41-26-11-6-10-25(19-26)35-32(40)29(18-22-14-16-24(33)17-15-22)37-31(39)23-8-4-3-5-9-23/h3-19,21H,1-2H3,(H,35,40)(H,36,38)(H,37,39)/b29-18+. The fraction of sp³-hybridized carbons (Fsp3) is 0.0938. The molecule has 4 aromatic rings. The maximum atomic E-state index is 13.4. The topological polar surface area (TPSA) is 87.3 Å². The van der Waals surface area contributed by atoms with Crippen LogP contribution in [0.5, 0.6) is 0 Å². The van der Waals surface area contributed by atoms with Gasteiger partial charge in [-0.05, 0) is 85.6 Å². The predicted molar refractivity (Wildman–Crippen MR) is 171 cm³/mol. The molecule has 1 atom stereocenters. The van der Waals surface area contributed by atoms with Crippen molar-refractivity contribution in [1.82, 2.24) is 5.32 Å². The van der Waals surface area contributed by atoms with E-state index in [9.17, 15) is 14.4 Å². The van der Waals surface area contributed by atoms with Crippen molar-refractivity contribution in [1.29, 1.82) is 0 Å². The molecular formula is C32H27BrClN3O3S. The Labute approximate surface area is 256 Å². The summed E-state index contributed by atoms with van der Waals surface area (Å²) in [6, 6.07) is 28.6. The molecule has 0 bridgehead atoms. The largest absolute Gasteiger partial charge is 0.325 e. The zero-order chi connectivity index (χ0) is 29.4. The monoisotopic (exact) mass is 647 g/mol. The number of carbonyl (C=O) groups excluding carboxylic acids is 3. The Bertz CT molecular complexity index is 1590. The summed E-state index contributed by atoms with van der Waals surface area (Å²) in [7, 11) is 0. The molecule has 208 valence electrons. The number of amides is 3. The van der Waals surface area contributed by atoms with Crippen molar-refractivity contribution in [3.8, 4) is 0 Å². The fourth-order valence-corrected chi connectivity index (χ4v) is 5.11. The number of carbonyl (C=O) groups is 3. The van der Waals surface area contributed by atoms with Gasteiger partial charge in [-0.3, -0.25) is 14.4 Å². The summed E-state index contributed by atoms with van der Waals surface area (Å²) in [5.41, 5.74) is 3.25. The van der Waals surface area contributed by atoms with Crippen molar-refractivity contribution in [3.05, 3.63) is 129 Å². The van der Waals surface area contributed by atoms with E-state index in [1.54, 1.807) is 60.7 Å². The van der Waals surface area contributed by atoms with Crippen LogP contribution in [0.2, 0.25) is 5.02 Å². The Morgan fingerprint density at radius 1 is 0.878 bits per heavy atom. The van der Waals surface area contributed by atoms with Gasteiger partial charge in [0.15, 0.2) is 0 Å². The first-order valence-corrected chi connectivity index (χ1v) is 14.7. The third kappa shape index (κ3) is 8.57. The van der Waals surface area contributed by atoms with Gasteiger partial charge in [0, 0.05) is 31.3 Å². The van der Waals surface area contributed by atoms with Crippen molar-refractivity contribution in [2.75, 3.05) is 10.6 Å². The molecule has 3 N–H and O–H groups in total. The third-order valence-corrected chi connectivity index (χ3v) is 8.04. The number of halogens is 2. The molecule has 0 saturated heterocycles. The lowest BCUT2D eigenvalue weighted by Gasteiger charge is -2.15. The predicted octanol–water partition coefficient (Wildman–Crippen LogP) is 7.94. The van der Waals surface area contributed by atoms with E-state index >= 15 is 0 Å². The van der Waals surface area contributed by atoms with Crippen LogP contribution in [0, 0.1) is 6.92 Å². The molecular weight excluding hydrogens is 622 g/mol. The molecule has 0 spiro atoms. The van der Waals surface area contributed by atoms with Crippen LogP contribution >= 0.6 is 39.3 Å². The first-order valence-electron chi connectivity index (χ1n) is 12.7. The number of anilines is 2. The molecule has 0 aliphatic carbocycles. The Hall–Kier alpha value is -3.85. The maximum Gasteiger partial charge on any atom is 0.272 e. The lowest BCUT2D eigenvalue weighted by molar-refractivity contribution is -0.115. The second kappa shape index (κ2) is 14.2. The van der Waals surface area contributed by atoms with Crippen LogP contribution in [0.15, 0.2) is 112 Å². The minimum Gasteiger partial charge on any atom is -0.325 e. The lowest BCUT2D eigenvalue weighted by Crippen LogP contribution is -2.30. The SMILES string of the molecule is Cc1c(Cl)cccc1NC(=O)C(C)Sc1cccc(NC(=O)/C(=C\c2ccc(Br)cc2)NC(=O)c2ccccc2)c1. The minimum atomic E-state index is -0.485. The number of benzene rings is 4. The Morgan fingerprint density at radius 2 is 1.59 bits per heavy atom. The summed E-state index contributed by atoms with van der Waals surface area (Å²) >= 11 is 10.9. The lowest BCUT2D eigenvalue weighted by atomic mass is 10.1. The van der Waals surface area contributed by atoms with Crippen LogP contribution in [0.3, 0.4) is 0 Å². The minimum absolute atomic E-state index is 0.0869. The third-order valence-electron chi connectivity index (χ3n) is 6.01. The van der Waals surface area contributed by atoms with Gasteiger partial charge in [-0.25, -0.2) is 0 Å². The van der Waals surface area contributed by atoms with Gasteiger partial charge in [-0.15, -0.1) is 11.8 Å². The van der Waals surface area contributed by atoms with Gasteiger partial charge in [0.05, 0.1) is 5.25 Å². The van der Waals surface area contributed by atoms with E-state index in [1.807, 2.05) is 56.3 Å². The maximum absolute atomic E-state index is 13.4. The molecule has 0 radical (unpaired) electrons. The van der Waals surface area contributed by atoms with E-state index in [0.29, 0.717) is 22.0 Å². The van der Waals surface area contributed by atoms with E-state index in [0.717, 1.165) is 20.5 Å². The molecule has 0 aliphatic rings. The van der Waals surface area contributed by atoms with Crippen LogP contribution in [0.25, 0.3) is 6.08 Å². The Morgan fingerprint density at radius 3 is 2.32 bits per heavy atom. The number of hydrogen-bond acceptors (Lipinski definition) is 4.